The van der Waals surface area contributed by atoms with Gasteiger partial charge in [0.05, 0.1) is 16.3 Å². The largest absolute Gasteiger partial charge is 0.417 e. The molecule has 0 spiro atoms. The maximum Gasteiger partial charge on any atom is 0.417 e. The lowest BCUT2D eigenvalue weighted by Crippen LogP contribution is -2.17. The molecule has 0 radical (unpaired) electrons. The van der Waals surface area contributed by atoms with Gasteiger partial charge < -0.3 is 5.32 Å². The van der Waals surface area contributed by atoms with Crippen LogP contribution in [0.5, 0.6) is 0 Å². The van der Waals surface area contributed by atoms with Crippen LogP contribution in [0, 0.1) is 0 Å². The molecule has 0 aliphatic heterocycles. The Hall–Kier alpha value is -2.54. The number of pyridine rings is 1. The molecule has 1 aromatic carbocycles. The fraction of sp³-hybridized carbons (Fsp3) is 0.222. The number of alkyl halides is 3. The van der Waals surface area contributed by atoms with E-state index < -0.39 is 22.7 Å². The minimum atomic E-state index is -4.60. The Morgan fingerprint density at radius 2 is 2.04 bits per heavy atom. The van der Waals surface area contributed by atoms with Crippen molar-refractivity contribution in [2.24, 2.45) is 0 Å². The van der Waals surface area contributed by atoms with Crippen molar-refractivity contribution in [2.75, 3.05) is 5.32 Å². The first-order chi connectivity index (χ1) is 12.3. The summed E-state index contributed by atoms with van der Waals surface area (Å²) in [5.41, 5.74) is 0.532. The smallest absolute Gasteiger partial charge is 0.321 e. The lowest BCUT2D eigenvalue weighted by Gasteiger charge is -2.12. The second-order valence-corrected chi connectivity index (χ2v) is 6.14. The summed E-state index contributed by atoms with van der Waals surface area (Å²) in [5.74, 6) is -0.525. The fourth-order valence-electron chi connectivity index (χ4n) is 2.71. The van der Waals surface area contributed by atoms with Crippen molar-refractivity contribution in [2.45, 2.75) is 25.9 Å². The number of carbonyl (C=O) groups is 1. The second kappa shape index (κ2) is 6.99. The van der Waals surface area contributed by atoms with Crippen molar-refractivity contribution in [1.29, 1.82) is 0 Å². The molecule has 2 aromatic heterocycles. The molecule has 8 heteroatoms. The molecular formula is C18H15ClF3N3O. The van der Waals surface area contributed by atoms with E-state index in [1.807, 2.05) is 6.92 Å². The van der Waals surface area contributed by atoms with Crippen LogP contribution in [0.4, 0.5) is 18.9 Å². The topological polar surface area (TPSA) is 46.4 Å². The van der Waals surface area contributed by atoms with E-state index in [1.165, 1.54) is 6.07 Å². The number of fused-ring (bicyclic) bond motifs is 1. The van der Waals surface area contributed by atoms with Gasteiger partial charge in [-0.25, -0.2) is 4.98 Å². The third kappa shape index (κ3) is 3.53. The third-order valence-corrected chi connectivity index (χ3v) is 4.16. The van der Waals surface area contributed by atoms with E-state index in [4.69, 9.17) is 11.6 Å². The van der Waals surface area contributed by atoms with Crippen molar-refractivity contribution < 1.29 is 18.0 Å². The SMILES string of the molecule is CCCc1nc2ccccn2c1C(=O)Nc1ccc(Cl)c(C(F)(F)F)c1. The third-order valence-electron chi connectivity index (χ3n) is 3.83. The van der Waals surface area contributed by atoms with Crippen LogP contribution in [0.1, 0.15) is 35.1 Å². The van der Waals surface area contributed by atoms with Crippen molar-refractivity contribution in [3.63, 3.8) is 0 Å². The normalized spacial score (nSPS) is 11.7. The summed E-state index contributed by atoms with van der Waals surface area (Å²) >= 11 is 5.61. The highest BCUT2D eigenvalue weighted by atomic mass is 35.5. The average Bonchev–Trinajstić information content (AvgIpc) is 2.94. The van der Waals surface area contributed by atoms with E-state index in [0.29, 0.717) is 23.5 Å². The van der Waals surface area contributed by atoms with Crippen LogP contribution in [-0.4, -0.2) is 15.3 Å². The molecule has 0 aliphatic carbocycles. The number of halogens is 4. The first kappa shape index (κ1) is 18.3. The van der Waals surface area contributed by atoms with Gasteiger partial charge in [-0.05, 0) is 36.8 Å². The number of rotatable bonds is 4. The molecule has 1 amide bonds. The van der Waals surface area contributed by atoms with Gasteiger partial charge in [0.25, 0.3) is 5.91 Å². The minimum absolute atomic E-state index is 0.0139. The van der Waals surface area contributed by atoms with Gasteiger partial charge in [0.2, 0.25) is 0 Å². The Bertz CT molecular complexity index is 966. The molecular weight excluding hydrogens is 367 g/mol. The second-order valence-electron chi connectivity index (χ2n) is 5.73. The Kier molecular flexibility index (Phi) is 4.91. The molecule has 1 N–H and O–H groups in total. The lowest BCUT2D eigenvalue weighted by atomic mass is 10.1. The predicted molar refractivity (Wildman–Crippen MR) is 93.6 cm³/mol. The quantitative estimate of drug-likeness (QED) is 0.674. The van der Waals surface area contributed by atoms with Crippen molar-refractivity contribution in [3.8, 4) is 0 Å². The molecule has 0 fully saturated rings. The summed E-state index contributed by atoms with van der Waals surface area (Å²) in [5, 5.41) is 2.10. The van der Waals surface area contributed by atoms with Gasteiger partial charge in [-0.15, -0.1) is 0 Å². The zero-order chi connectivity index (χ0) is 18.9. The summed E-state index contributed by atoms with van der Waals surface area (Å²) in [6, 6.07) is 8.59. The first-order valence-corrected chi connectivity index (χ1v) is 8.33. The lowest BCUT2D eigenvalue weighted by molar-refractivity contribution is -0.137. The van der Waals surface area contributed by atoms with E-state index in [0.717, 1.165) is 18.6 Å². The van der Waals surface area contributed by atoms with Crippen molar-refractivity contribution in [1.82, 2.24) is 9.38 Å². The van der Waals surface area contributed by atoms with E-state index in [9.17, 15) is 18.0 Å². The number of nitrogens with one attached hydrogen (secondary N) is 1. The van der Waals surface area contributed by atoms with Crippen LogP contribution >= 0.6 is 11.6 Å². The van der Waals surface area contributed by atoms with Crippen molar-refractivity contribution in [3.05, 3.63) is 64.6 Å². The molecule has 3 aromatic rings. The number of nitrogens with zero attached hydrogens (tertiary/aromatic N) is 2. The van der Waals surface area contributed by atoms with Gasteiger partial charge in [0.15, 0.2) is 0 Å². The van der Waals surface area contributed by atoms with E-state index in [2.05, 4.69) is 10.3 Å². The average molecular weight is 382 g/mol. The summed E-state index contributed by atoms with van der Waals surface area (Å²) in [4.78, 5) is 17.2. The molecule has 0 atom stereocenters. The Balaban J connectivity index is 1.99. The van der Waals surface area contributed by atoms with Gasteiger partial charge in [-0.3, -0.25) is 9.20 Å². The Morgan fingerprint density at radius 1 is 1.27 bits per heavy atom. The molecule has 26 heavy (non-hydrogen) atoms. The van der Waals surface area contributed by atoms with Gasteiger partial charge in [0, 0.05) is 11.9 Å². The maximum atomic E-state index is 13.0. The van der Waals surface area contributed by atoms with Crippen molar-refractivity contribution >= 4 is 28.8 Å². The summed E-state index contributed by atoms with van der Waals surface area (Å²) in [7, 11) is 0. The van der Waals surface area contributed by atoms with E-state index in [1.54, 1.807) is 28.8 Å². The number of amides is 1. The molecule has 0 saturated heterocycles. The zero-order valence-electron chi connectivity index (χ0n) is 13.8. The highest BCUT2D eigenvalue weighted by molar-refractivity contribution is 6.31. The standard InChI is InChI=1S/C18H15ClF3N3O/c1-2-5-14-16(25-9-4-3-6-15(25)24-14)17(26)23-11-7-8-13(19)12(10-11)18(20,21)22/h3-4,6-10H,2,5H2,1H3,(H,23,26). The molecule has 3 rings (SSSR count). The molecule has 0 saturated carbocycles. The van der Waals surface area contributed by atoms with Gasteiger partial charge in [-0.2, -0.15) is 13.2 Å². The first-order valence-electron chi connectivity index (χ1n) is 7.95. The maximum absolute atomic E-state index is 13.0. The Morgan fingerprint density at radius 3 is 2.73 bits per heavy atom. The summed E-state index contributed by atoms with van der Waals surface area (Å²) < 4.78 is 40.6. The highest BCUT2D eigenvalue weighted by Crippen LogP contribution is 2.36. The summed E-state index contributed by atoms with van der Waals surface area (Å²) in [6.45, 7) is 1.96. The van der Waals surface area contributed by atoms with Crippen LogP contribution in [-0.2, 0) is 12.6 Å². The number of hydrogen-bond acceptors (Lipinski definition) is 2. The van der Waals surface area contributed by atoms with Crippen LogP contribution in [0.15, 0.2) is 42.6 Å². The van der Waals surface area contributed by atoms with Gasteiger partial charge in [-0.1, -0.05) is 31.0 Å². The number of aromatic nitrogens is 2. The van der Waals surface area contributed by atoms with Gasteiger partial charge in [0.1, 0.15) is 11.3 Å². The number of anilines is 1. The number of hydrogen-bond donors (Lipinski definition) is 1. The summed E-state index contributed by atoms with van der Waals surface area (Å²) in [6.07, 6.45) is -1.55. The molecule has 0 bridgehead atoms. The van der Waals surface area contributed by atoms with Crippen LogP contribution in [0.2, 0.25) is 5.02 Å². The molecule has 0 aliphatic rings. The van der Waals surface area contributed by atoms with E-state index in [-0.39, 0.29) is 5.69 Å². The molecule has 4 nitrogen and oxygen atoms in total. The van der Waals surface area contributed by atoms with E-state index >= 15 is 0 Å². The highest BCUT2D eigenvalue weighted by Gasteiger charge is 2.33. The monoisotopic (exact) mass is 381 g/mol. The number of imidazole rings is 1. The zero-order valence-corrected chi connectivity index (χ0v) is 14.5. The minimum Gasteiger partial charge on any atom is -0.321 e. The number of carbonyl (C=O) groups excluding carboxylic acids is 1. The Labute approximate surface area is 152 Å². The van der Waals surface area contributed by atoms with Gasteiger partial charge >= 0.3 is 6.18 Å². The fourth-order valence-corrected chi connectivity index (χ4v) is 2.93. The number of aryl methyl sites for hydroxylation is 1. The number of benzene rings is 1. The van der Waals surface area contributed by atoms with Crippen LogP contribution in [0.3, 0.4) is 0 Å². The van der Waals surface area contributed by atoms with Crippen LogP contribution < -0.4 is 5.32 Å². The molecule has 136 valence electrons. The molecule has 0 unspecified atom stereocenters. The molecule has 2 heterocycles. The van der Waals surface area contributed by atoms with Crippen LogP contribution in [0.25, 0.3) is 5.65 Å². The predicted octanol–water partition coefficient (Wildman–Crippen LogP) is 5.21.